The number of rotatable bonds is 4. The number of carbonyl (C=O) groups is 2. The van der Waals surface area contributed by atoms with Crippen LogP contribution in [-0.4, -0.2) is 11.6 Å². The molecule has 204 valence electrons. The van der Waals surface area contributed by atoms with Gasteiger partial charge in [0.05, 0.1) is 11.6 Å². The Morgan fingerprint density at radius 1 is 0.650 bits per heavy atom. The van der Waals surface area contributed by atoms with Crippen molar-refractivity contribution >= 4 is 29.6 Å². The molecule has 0 saturated carbocycles. The lowest BCUT2D eigenvalue weighted by atomic mass is 10.2. The lowest BCUT2D eigenvalue weighted by Crippen LogP contribution is -2.35. The van der Waals surface area contributed by atoms with Gasteiger partial charge in [0, 0.05) is 44.2 Å². The number of pyridine rings is 2. The number of nitriles is 1. The van der Waals surface area contributed by atoms with Crippen molar-refractivity contribution in [1.29, 1.82) is 5.26 Å². The van der Waals surface area contributed by atoms with Crippen LogP contribution in [0, 0.1) is 11.3 Å². The van der Waals surface area contributed by atoms with E-state index in [0.717, 1.165) is 17.2 Å². The Labute approximate surface area is 236 Å². The van der Waals surface area contributed by atoms with Crippen LogP contribution in [0.15, 0.2) is 104 Å². The first-order chi connectivity index (χ1) is 19.4. The SMILES string of the molecule is CC(=O)C[n+]1ccccc1.CC(=O)C[n+]1ccccc1.N#Cc1ccc2c(c1)OPO2.c1ccc2c(c1)OPO2. The third-order valence-electron chi connectivity index (χ3n) is 4.89. The van der Waals surface area contributed by atoms with E-state index in [1.807, 2.05) is 101 Å². The molecular weight excluding hydrogens is 548 g/mol. The van der Waals surface area contributed by atoms with Gasteiger partial charge in [0.25, 0.3) is 18.1 Å². The van der Waals surface area contributed by atoms with Crippen LogP contribution >= 0.6 is 18.1 Å². The predicted octanol–water partition coefficient (Wildman–Crippen LogP) is 4.93. The van der Waals surface area contributed by atoms with Crippen molar-refractivity contribution in [2.75, 3.05) is 0 Å². The molecule has 9 nitrogen and oxygen atoms in total. The molecule has 0 radical (unpaired) electrons. The van der Waals surface area contributed by atoms with Gasteiger partial charge in [-0.15, -0.1) is 0 Å². The molecule has 2 aromatic heterocycles. The van der Waals surface area contributed by atoms with E-state index in [-0.39, 0.29) is 29.6 Å². The summed E-state index contributed by atoms with van der Waals surface area (Å²) < 4.78 is 24.1. The Bertz CT molecular complexity index is 1360. The Hall–Kier alpha value is -4.37. The molecule has 2 aliphatic heterocycles. The molecule has 4 aromatic rings. The largest absolute Gasteiger partial charge is 0.437 e. The van der Waals surface area contributed by atoms with Gasteiger partial charge in [-0.1, -0.05) is 24.3 Å². The summed E-state index contributed by atoms with van der Waals surface area (Å²) in [5, 5.41) is 8.52. The van der Waals surface area contributed by atoms with Crippen molar-refractivity contribution in [1.82, 2.24) is 0 Å². The number of carbonyl (C=O) groups excluding carboxylic acids is 2. The molecule has 40 heavy (non-hydrogen) atoms. The molecule has 0 spiro atoms. The van der Waals surface area contributed by atoms with Crippen molar-refractivity contribution in [2.45, 2.75) is 26.9 Å². The maximum Gasteiger partial charge on any atom is 0.275 e. The maximum absolute atomic E-state index is 10.6. The number of para-hydroxylation sites is 2. The van der Waals surface area contributed by atoms with E-state index in [9.17, 15) is 9.59 Å². The highest BCUT2D eigenvalue weighted by atomic mass is 31.1. The molecule has 11 heteroatoms. The molecule has 0 fully saturated rings. The number of hydrogen-bond donors (Lipinski definition) is 0. The van der Waals surface area contributed by atoms with Crippen LogP contribution in [0.2, 0.25) is 0 Å². The lowest BCUT2D eigenvalue weighted by Gasteiger charge is -1.92. The number of ketones is 2. The number of Topliss-reactive ketones (excluding diaryl/α,β-unsaturated/α-hetero) is 2. The Morgan fingerprint density at radius 2 is 1.07 bits per heavy atom. The minimum Gasteiger partial charge on any atom is -0.437 e. The summed E-state index contributed by atoms with van der Waals surface area (Å²) in [5.41, 5.74) is 0.596. The average molecular weight is 578 g/mol. The van der Waals surface area contributed by atoms with Gasteiger partial charge in [-0.05, 0) is 24.3 Å². The van der Waals surface area contributed by atoms with E-state index in [4.69, 9.17) is 23.4 Å². The van der Waals surface area contributed by atoms with Gasteiger partial charge in [0.1, 0.15) is 0 Å². The van der Waals surface area contributed by atoms with Crippen LogP contribution in [-0.2, 0) is 22.7 Å². The first kappa shape index (κ1) is 30.2. The van der Waals surface area contributed by atoms with Crippen molar-refractivity contribution in [2.24, 2.45) is 0 Å². The Balaban J connectivity index is 0.000000147. The van der Waals surface area contributed by atoms with Crippen LogP contribution in [0.1, 0.15) is 19.4 Å². The molecule has 2 aliphatic rings. The Morgan fingerprint density at radius 3 is 1.50 bits per heavy atom. The molecule has 4 heterocycles. The molecule has 0 amide bonds. The van der Waals surface area contributed by atoms with Crippen molar-refractivity contribution < 1.29 is 36.8 Å². The number of nitrogens with zero attached hydrogens (tertiary/aromatic N) is 3. The van der Waals surface area contributed by atoms with Crippen LogP contribution < -0.4 is 27.2 Å². The van der Waals surface area contributed by atoms with Gasteiger partial charge in [-0.25, -0.2) is 0 Å². The highest BCUT2D eigenvalue weighted by Gasteiger charge is 2.13. The Kier molecular flexibility index (Phi) is 12.5. The number of hydrogen-bond acceptors (Lipinski definition) is 7. The third-order valence-corrected chi connectivity index (χ3v) is 6.11. The van der Waals surface area contributed by atoms with E-state index in [1.54, 1.807) is 32.0 Å². The number of aromatic nitrogens is 2. The van der Waals surface area contributed by atoms with Gasteiger partial charge in [0.2, 0.25) is 13.1 Å². The first-order valence-electron chi connectivity index (χ1n) is 12.1. The fourth-order valence-corrected chi connectivity index (χ4v) is 4.28. The zero-order valence-electron chi connectivity index (χ0n) is 22.0. The predicted molar refractivity (Wildman–Crippen MR) is 151 cm³/mol. The van der Waals surface area contributed by atoms with Gasteiger partial charge >= 0.3 is 0 Å². The van der Waals surface area contributed by atoms with E-state index in [2.05, 4.69) is 0 Å². The summed E-state index contributed by atoms with van der Waals surface area (Å²) in [4.78, 5) is 21.2. The second-order valence-electron chi connectivity index (χ2n) is 8.29. The quantitative estimate of drug-likeness (QED) is 0.250. The molecule has 0 N–H and O–H groups in total. The fourth-order valence-electron chi connectivity index (χ4n) is 3.18. The van der Waals surface area contributed by atoms with Crippen LogP contribution in [0.5, 0.6) is 23.0 Å². The number of benzene rings is 2. The van der Waals surface area contributed by atoms with Crippen LogP contribution in [0.4, 0.5) is 0 Å². The molecule has 0 saturated heterocycles. The minimum absolute atomic E-state index is 0.0347. The van der Waals surface area contributed by atoms with Crippen molar-refractivity contribution in [3.8, 4) is 29.1 Å². The topological polar surface area (TPSA) is 103 Å². The standard InChI is InChI=1S/2C8H10NO.C7H4NO2P.C6H5O2P/c2*1-8(10)7-9-5-3-2-4-6-9;8-4-5-1-2-6-7(3-5)10-11-9-6;1-2-4-6-5(3-1)7-9-8-6/h2*2-6H,7H2,1H3;1-3,11H;1-4,9H/q2*+1;;. The fraction of sp³-hybridized carbons (Fsp3) is 0.138. The van der Waals surface area contributed by atoms with E-state index < -0.39 is 0 Å². The third kappa shape index (κ3) is 10.8. The van der Waals surface area contributed by atoms with Crippen LogP contribution in [0.3, 0.4) is 0 Å². The second kappa shape index (κ2) is 16.6. The highest BCUT2D eigenvalue weighted by Crippen LogP contribution is 2.42. The monoisotopic (exact) mass is 577 g/mol. The molecule has 0 bridgehead atoms. The molecular formula is C29H29N3O6P2+2. The zero-order chi connectivity index (χ0) is 28.6. The molecule has 1 unspecified atom stereocenters. The number of fused-ring (bicyclic) bond motifs is 2. The summed E-state index contributed by atoms with van der Waals surface area (Å²) in [6, 6.07) is 26.3. The summed E-state index contributed by atoms with van der Waals surface area (Å²) in [6.45, 7) is 4.11. The van der Waals surface area contributed by atoms with Crippen molar-refractivity contribution in [3.63, 3.8) is 0 Å². The van der Waals surface area contributed by atoms with Gasteiger partial charge < -0.3 is 18.1 Å². The van der Waals surface area contributed by atoms with E-state index in [1.165, 1.54) is 0 Å². The molecule has 2 aromatic carbocycles. The maximum atomic E-state index is 10.6. The smallest absolute Gasteiger partial charge is 0.275 e. The summed E-state index contributed by atoms with van der Waals surface area (Å²) in [7, 11) is 0.181. The minimum atomic E-state index is 0.0347. The van der Waals surface area contributed by atoms with Crippen LogP contribution in [0.25, 0.3) is 0 Å². The highest BCUT2D eigenvalue weighted by molar-refractivity contribution is 7.28. The molecule has 6 rings (SSSR count). The van der Waals surface area contributed by atoms with Gasteiger partial charge in [-0.2, -0.15) is 14.4 Å². The van der Waals surface area contributed by atoms with Gasteiger partial charge in [-0.3, -0.25) is 9.59 Å². The average Bonchev–Trinajstić information content (AvgIpc) is 3.64. The van der Waals surface area contributed by atoms with Gasteiger partial charge in [0.15, 0.2) is 59.4 Å². The molecule has 0 aliphatic carbocycles. The summed E-state index contributed by atoms with van der Waals surface area (Å²) >= 11 is 0. The van der Waals surface area contributed by atoms with Crippen molar-refractivity contribution in [3.05, 3.63) is 109 Å². The first-order valence-corrected chi connectivity index (χ1v) is 13.8. The normalized spacial score (nSPS) is 11.8. The second-order valence-corrected chi connectivity index (χ2v) is 9.44. The zero-order valence-corrected chi connectivity index (χ0v) is 24.0. The van der Waals surface area contributed by atoms with E-state index >= 15 is 0 Å². The van der Waals surface area contributed by atoms with E-state index in [0.29, 0.717) is 24.4 Å². The summed E-state index contributed by atoms with van der Waals surface area (Å²) in [6.07, 6.45) is 7.51. The lowest BCUT2D eigenvalue weighted by molar-refractivity contribution is -0.684. The molecule has 1 atom stereocenters. The summed E-state index contributed by atoms with van der Waals surface area (Å²) in [5.74, 6) is 3.46.